The molecule has 0 unspecified atom stereocenters. The van der Waals surface area contributed by atoms with Crippen LogP contribution in [-0.2, 0) is 13.0 Å². The number of aromatic nitrogens is 1. The van der Waals surface area contributed by atoms with Crippen molar-refractivity contribution in [1.29, 1.82) is 0 Å². The number of carbonyl (C=O) groups excluding carboxylic acids is 1. The predicted octanol–water partition coefficient (Wildman–Crippen LogP) is 2.49. The van der Waals surface area contributed by atoms with Crippen LogP contribution in [0, 0.1) is 0 Å². The molecule has 0 saturated heterocycles. The molecule has 0 radical (unpaired) electrons. The molecule has 0 aliphatic heterocycles. The summed E-state index contributed by atoms with van der Waals surface area (Å²) in [5.74, 6) is -0.223. The van der Waals surface area contributed by atoms with Gasteiger partial charge >= 0.3 is 0 Å². The van der Waals surface area contributed by atoms with Gasteiger partial charge in [0, 0.05) is 12.7 Å². The largest absolute Gasteiger partial charge is 0.394 e. The summed E-state index contributed by atoms with van der Waals surface area (Å²) < 4.78 is 1.79. The minimum Gasteiger partial charge on any atom is -0.394 e. The van der Waals surface area contributed by atoms with Crippen molar-refractivity contribution in [3.63, 3.8) is 0 Å². The van der Waals surface area contributed by atoms with Gasteiger partial charge in [-0.15, -0.1) is 0 Å². The maximum atomic E-state index is 12.3. The second-order valence-electron chi connectivity index (χ2n) is 4.87. The average Bonchev–Trinajstić information content (AvgIpc) is 2.88. The lowest BCUT2D eigenvalue weighted by Crippen LogP contribution is -2.39. The first kappa shape index (κ1) is 15.6. The van der Waals surface area contributed by atoms with Crippen LogP contribution in [0.15, 0.2) is 42.6 Å². The van der Waals surface area contributed by atoms with E-state index in [1.165, 1.54) is 0 Å². The van der Waals surface area contributed by atoms with E-state index >= 15 is 0 Å². The predicted molar refractivity (Wildman–Crippen MR) is 83.6 cm³/mol. The number of aryl methyl sites for hydroxylation is 1. The van der Waals surface area contributed by atoms with Gasteiger partial charge in [-0.3, -0.25) is 4.79 Å². The van der Waals surface area contributed by atoms with Crippen LogP contribution in [0.5, 0.6) is 0 Å². The highest BCUT2D eigenvalue weighted by Crippen LogP contribution is 2.14. The third kappa shape index (κ3) is 4.09. The zero-order valence-corrected chi connectivity index (χ0v) is 12.7. The summed E-state index contributed by atoms with van der Waals surface area (Å²) in [6, 6.07) is 11.1. The van der Waals surface area contributed by atoms with Crippen molar-refractivity contribution in [2.24, 2.45) is 0 Å². The van der Waals surface area contributed by atoms with Gasteiger partial charge in [0.05, 0.1) is 17.7 Å². The number of benzene rings is 1. The number of aliphatic hydroxyl groups excluding tert-OH is 1. The van der Waals surface area contributed by atoms with Crippen molar-refractivity contribution in [1.82, 2.24) is 9.88 Å². The van der Waals surface area contributed by atoms with E-state index < -0.39 is 0 Å². The molecular weight excluding hydrogens is 288 g/mol. The fourth-order valence-electron chi connectivity index (χ4n) is 2.25. The van der Waals surface area contributed by atoms with Gasteiger partial charge in [0.2, 0.25) is 0 Å². The molecule has 0 bridgehead atoms. The first-order valence-electron chi connectivity index (χ1n) is 6.95. The zero-order chi connectivity index (χ0) is 15.2. The fourth-order valence-corrected chi connectivity index (χ4v) is 2.47. The topological polar surface area (TPSA) is 54.3 Å². The summed E-state index contributed by atoms with van der Waals surface area (Å²) in [6.45, 7) is 2.50. The Morgan fingerprint density at radius 1 is 1.38 bits per heavy atom. The number of aliphatic hydroxyl groups is 1. The van der Waals surface area contributed by atoms with E-state index in [2.05, 4.69) is 5.32 Å². The Hall–Kier alpha value is -1.78. The summed E-state index contributed by atoms with van der Waals surface area (Å²) >= 11 is 5.94. The SMILES string of the molecule is CCn1cc(Cl)cc1C(=O)N[C@@H](CO)Cc1ccccc1. The van der Waals surface area contributed by atoms with Crippen LogP contribution < -0.4 is 5.32 Å². The summed E-state index contributed by atoms with van der Waals surface area (Å²) in [5.41, 5.74) is 1.58. The van der Waals surface area contributed by atoms with Crippen molar-refractivity contribution in [3.05, 3.63) is 58.9 Å². The van der Waals surface area contributed by atoms with Gasteiger partial charge in [0.1, 0.15) is 5.69 Å². The summed E-state index contributed by atoms with van der Waals surface area (Å²) in [4.78, 5) is 12.3. The highest BCUT2D eigenvalue weighted by Gasteiger charge is 2.17. The molecule has 1 heterocycles. The molecule has 1 atom stereocenters. The molecule has 0 fully saturated rings. The second kappa shape index (κ2) is 7.29. The van der Waals surface area contributed by atoms with Crippen LogP contribution in [0.1, 0.15) is 23.0 Å². The first-order valence-corrected chi connectivity index (χ1v) is 7.33. The molecular formula is C16H19ClN2O2. The standard InChI is InChI=1S/C16H19ClN2O2/c1-2-19-10-13(17)9-15(19)16(21)18-14(11-20)8-12-6-4-3-5-7-12/h3-7,9-10,14,20H,2,8,11H2,1H3,(H,18,21)/t14-/m1/s1. The lowest BCUT2D eigenvalue weighted by Gasteiger charge is -2.17. The molecule has 112 valence electrons. The number of hydrogen-bond acceptors (Lipinski definition) is 2. The molecule has 2 N–H and O–H groups in total. The normalized spacial score (nSPS) is 12.1. The van der Waals surface area contributed by atoms with Gasteiger partial charge in [-0.05, 0) is 25.0 Å². The number of rotatable bonds is 6. The smallest absolute Gasteiger partial charge is 0.268 e. The molecule has 2 rings (SSSR count). The molecule has 0 spiro atoms. The number of hydrogen-bond donors (Lipinski definition) is 2. The Balaban J connectivity index is 2.05. The summed E-state index contributed by atoms with van der Waals surface area (Å²) in [6.07, 6.45) is 2.31. The van der Waals surface area contributed by atoms with E-state index in [4.69, 9.17) is 11.6 Å². The molecule has 21 heavy (non-hydrogen) atoms. The molecule has 2 aromatic rings. The second-order valence-corrected chi connectivity index (χ2v) is 5.31. The Morgan fingerprint density at radius 2 is 2.10 bits per heavy atom. The third-order valence-electron chi connectivity index (χ3n) is 3.32. The van der Waals surface area contributed by atoms with E-state index in [0.717, 1.165) is 5.56 Å². The average molecular weight is 307 g/mol. The van der Waals surface area contributed by atoms with Gasteiger partial charge in [0.15, 0.2) is 0 Å². The van der Waals surface area contributed by atoms with Gasteiger partial charge in [-0.1, -0.05) is 41.9 Å². The molecule has 0 saturated carbocycles. The third-order valence-corrected chi connectivity index (χ3v) is 3.52. The van der Waals surface area contributed by atoms with Crippen LogP contribution >= 0.6 is 11.6 Å². The summed E-state index contributed by atoms with van der Waals surface area (Å²) in [5, 5.41) is 12.9. The van der Waals surface area contributed by atoms with Crippen molar-refractivity contribution < 1.29 is 9.90 Å². The van der Waals surface area contributed by atoms with E-state index in [1.54, 1.807) is 16.8 Å². The molecule has 0 aliphatic carbocycles. The minimum atomic E-state index is -0.320. The van der Waals surface area contributed by atoms with Crippen LogP contribution in [0.25, 0.3) is 0 Å². The zero-order valence-electron chi connectivity index (χ0n) is 11.9. The highest BCUT2D eigenvalue weighted by molar-refractivity contribution is 6.31. The molecule has 5 heteroatoms. The van der Waals surface area contributed by atoms with Crippen LogP contribution in [0.2, 0.25) is 5.02 Å². The maximum absolute atomic E-state index is 12.3. The van der Waals surface area contributed by atoms with Crippen molar-refractivity contribution >= 4 is 17.5 Å². The van der Waals surface area contributed by atoms with Gasteiger partial charge in [0.25, 0.3) is 5.91 Å². The number of nitrogens with one attached hydrogen (secondary N) is 1. The lowest BCUT2D eigenvalue weighted by atomic mass is 10.1. The fraction of sp³-hybridized carbons (Fsp3) is 0.312. The molecule has 4 nitrogen and oxygen atoms in total. The Bertz CT molecular complexity index is 596. The van der Waals surface area contributed by atoms with Crippen LogP contribution in [0.3, 0.4) is 0 Å². The van der Waals surface area contributed by atoms with Gasteiger partial charge in [-0.2, -0.15) is 0 Å². The molecule has 0 aliphatic rings. The van der Waals surface area contributed by atoms with Gasteiger partial charge < -0.3 is 15.0 Å². The Labute approximate surface area is 129 Å². The van der Waals surface area contributed by atoms with Crippen molar-refractivity contribution in [3.8, 4) is 0 Å². The minimum absolute atomic E-state index is 0.110. The number of amides is 1. The van der Waals surface area contributed by atoms with Crippen LogP contribution in [0.4, 0.5) is 0 Å². The molecule has 1 aromatic carbocycles. The van der Waals surface area contributed by atoms with Crippen molar-refractivity contribution in [2.45, 2.75) is 25.9 Å². The monoisotopic (exact) mass is 306 g/mol. The maximum Gasteiger partial charge on any atom is 0.268 e. The molecule has 1 amide bonds. The Morgan fingerprint density at radius 3 is 2.71 bits per heavy atom. The number of halogens is 1. The quantitative estimate of drug-likeness (QED) is 0.861. The Kier molecular flexibility index (Phi) is 5.42. The first-order chi connectivity index (χ1) is 10.1. The van der Waals surface area contributed by atoms with Gasteiger partial charge in [-0.25, -0.2) is 0 Å². The van der Waals surface area contributed by atoms with E-state index in [0.29, 0.717) is 23.7 Å². The van der Waals surface area contributed by atoms with Crippen molar-refractivity contribution in [2.75, 3.05) is 6.61 Å². The summed E-state index contributed by atoms with van der Waals surface area (Å²) in [7, 11) is 0. The van der Waals surface area contributed by atoms with E-state index in [9.17, 15) is 9.90 Å². The van der Waals surface area contributed by atoms with Crippen LogP contribution in [-0.4, -0.2) is 28.2 Å². The highest BCUT2D eigenvalue weighted by atomic mass is 35.5. The molecule has 1 aromatic heterocycles. The number of nitrogens with zero attached hydrogens (tertiary/aromatic N) is 1. The van der Waals surface area contributed by atoms with E-state index in [-0.39, 0.29) is 18.6 Å². The number of carbonyl (C=O) groups is 1. The lowest BCUT2D eigenvalue weighted by molar-refractivity contribution is 0.0907. The van der Waals surface area contributed by atoms with E-state index in [1.807, 2.05) is 37.3 Å².